The zero-order valence-electron chi connectivity index (χ0n) is 21.9. The second-order valence-corrected chi connectivity index (χ2v) is 11.0. The van der Waals surface area contributed by atoms with E-state index < -0.39 is 29.3 Å². The van der Waals surface area contributed by atoms with E-state index in [9.17, 15) is 19.1 Å². The molecule has 39 heavy (non-hydrogen) atoms. The number of carbonyl (C=O) groups excluding carboxylic acids is 2. The van der Waals surface area contributed by atoms with Gasteiger partial charge in [0.2, 0.25) is 5.78 Å². The number of aliphatic hydroxyl groups is 1. The molecule has 8 heteroatoms. The van der Waals surface area contributed by atoms with Crippen molar-refractivity contribution in [2.75, 3.05) is 7.11 Å². The second kappa shape index (κ2) is 9.89. The van der Waals surface area contributed by atoms with Crippen molar-refractivity contribution in [3.8, 4) is 5.75 Å². The van der Waals surface area contributed by atoms with E-state index in [2.05, 4.69) is 20.8 Å². The fourth-order valence-electron chi connectivity index (χ4n) is 4.83. The largest absolute Gasteiger partial charge is 0.503 e. The van der Waals surface area contributed by atoms with Crippen LogP contribution < -0.4 is 4.74 Å². The highest BCUT2D eigenvalue weighted by Crippen LogP contribution is 2.42. The van der Waals surface area contributed by atoms with Gasteiger partial charge in [-0.2, -0.15) is 0 Å². The van der Waals surface area contributed by atoms with Gasteiger partial charge in [0, 0.05) is 23.0 Å². The minimum Gasteiger partial charge on any atom is -0.503 e. The molecule has 1 aliphatic heterocycles. The molecule has 0 spiro atoms. The summed E-state index contributed by atoms with van der Waals surface area (Å²) < 4.78 is 24.7. The maximum Gasteiger partial charge on any atom is 0.290 e. The first-order valence-electron chi connectivity index (χ1n) is 12.4. The van der Waals surface area contributed by atoms with E-state index >= 15 is 0 Å². The standard InChI is InChI=1S/C31H27ClFNO5/c1-31(2,3)20-9-7-18(8-10-20)26-25(28(36)30(37)34(26)16-17-5-11-22(33)12-6-17)27(35)23-14-19-13-21(32)15-24(38-4)29(19)39-23/h5-15,26,36H,16H2,1-4H3. The topological polar surface area (TPSA) is 80.0 Å². The summed E-state index contributed by atoms with van der Waals surface area (Å²) in [6.45, 7) is 6.31. The summed E-state index contributed by atoms with van der Waals surface area (Å²) in [4.78, 5) is 28.7. The Morgan fingerprint density at radius 2 is 1.74 bits per heavy atom. The van der Waals surface area contributed by atoms with Crippen LogP contribution in [0.4, 0.5) is 4.39 Å². The predicted molar refractivity (Wildman–Crippen MR) is 147 cm³/mol. The Balaban J connectivity index is 1.61. The summed E-state index contributed by atoms with van der Waals surface area (Å²) in [5.74, 6) is -2.12. The highest BCUT2D eigenvalue weighted by molar-refractivity contribution is 6.31. The number of methoxy groups -OCH3 is 1. The van der Waals surface area contributed by atoms with Crippen molar-refractivity contribution in [3.05, 3.63) is 111 Å². The fourth-order valence-corrected chi connectivity index (χ4v) is 5.05. The Hall–Kier alpha value is -4.10. The van der Waals surface area contributed by atoms with E-state index in [1.54, 1.807) is 24.3 Å². The number of ketones is 1. The number of ether oxygens (including phenoxy) is 1. The van der Waals surface area contributed by atoms with Crippen molar-refractivity contribution in [2.45, 2.75) is 38.8 Å². The van der Waals surface area contributed by atoms with Crippen LogP contribution in [0.5, 0.6) is 5.75 Å². The molecule has 1 aromatic heterocycles. The normalized spacial score (nSPS) is 15.9. The van der Waals surface area contributed by atoms with Crippen molar-refractivity contribution in [2.24, 2.45) is 0 Å². The summed E-state index contributed by atoms with van der Waals surface area (Å²) >= 11 is 6.18. The molecule has 6 nitrogen and oxygen atoms in total. The van der Waals surface area contributed by atoms with Gasteiger partial charge < -0.3 is 19.2 Å². The van der Waals surface area contributed by atoms with Crippen molar-refractivity contribution in [1.82, 2.24) is 4.90 Å². The van der Waals surface area contributed by atoms with Crippen LogP contribution >= 0.6 is 11.6 Å². The smallest absolute Gasteiger partial charge is 0.290 e. The molecular weight excluding hydrogens is 521 g/mol. The van der Waals surface area contributed by atoms with Gasteiger partial charge in [-0.3, -0.25) is 9.59 Å². The number of carbonyl (C=O) groups is 2. The van der Waals surface area contributed by atoms with Crippen LogP contribution in [0, 0.1) is 5.82 Å². The molecule has 1 aliphatic rings. The molecule has 3 aromatic carbocycles. The molecule has 0 aliphatic carbocycles. The maximum absolute atomic E-state index is 13.9. The van der Waals surface area contributed by atoms with Gasteiger partial charge in [-0.15, -0.1) is 0 Å². The summed E-state index contributed by atoms with van der Waals surface area (Å²) in [6.07, 6.45) is 0. The van der Waals surface area contributed by atoms with Crippen LogP contribution in [0.3, 0.4) is 0 Å². The summed E-state index contributed by atoms with van der Waals surface area (Å²) in [5, 5.41) is 12.0. The number of halogens is 2. The monoisotopic (exact) mass is 547 g/mol. The van der Waals surface area contributed by atoms with Crippen LogP contribution in [-0.4, -0.2) is 28.8 Å². The maximum atomic E-state index is 13.9. The number of benzene rings is 3. The zero-order valence-corrected chi connectivity index (χ0v) is 22.7. The third-order valence-corrected chi connectivity index (χ3v) is 7.12. The molecule has 1 unspecified atom stereocenters. The van der Waals surface area contributed by atoms with E-state index in [4.69, 9.17) is 20.8 Å². The number of nitrogens with zero attached hydrogens (tertiary/aromatic N) is 1. The van der Waals surface area contributed by atoms with E-state index in [1.807, 2.05) is 24.3 Å². The lowest BCUT2D eigenvalue weighted by atomic mass is 9.85. The number of fused-ring (bicyclic) bond motifs is 1. The Kier molecular flexibility index (Phi) is 6.72. The van der Waals surface area contributed by atoms with E-state index in [1.165, 1.54) is 30.2 Å². The Morgan fingerprint density at radius 3 is 2.36 bits per heavy atom. The first kappa shape index (κ1) is 26.5. The summed E-state index contributed by atoms with van der Waals surface area (Å²) in [5.41, 5.74) is 2.47. The van der Waals surface area contributed by atoms with Crippen LogP contribution in [0.1, 0.15) is 54.1 Å². The van der Waals surface area contributed by atoms with Crippen LogP contribution in [0.2, 0.25) is 5.02 Å². The second-order valence-electron chi connectivity index (χ2n) is 10.6. The van der Waals surface area contributed by atoms with Gasteiger partial charge in [0.15, 0.2) is 22.9 Å². The van der Waals surface area contributed by atoms with Crippen molar-refractivity contribution in [3.63, 3.8) is 0 Å². The zero-order chi connectivity index (χ0) is 28.1. The minimum absolute atomic E-state index is 0.0508. The molecule has 0 fully saturated rings. The number of furan rings is 1. The van der Waals surface area contributed by atoms with Gasteiger partial charge >= 0.3 is 0 Å². The quantitative estimate of drug-likeness (QED) is 0.256. The lowest BCUT2D eigenvalue weighted by Crippen LogP contribution is -2.30. The SMILES string of the molecule is COc1cc(Cl)cc2cc(C(=O)C3=C(O)C(=O)N(Cc4ccc(F)cc4)C3c3ccc(C(C)(C)C)cc3)oc12. The van der Waals surface area contributed by atoms with Gasteiger partial charge in [0.05, 0.1) is 18.7 Å². The highest BCUT2D eigenvalue weighted by Gasteiger charge is 2.44. The molecular formula is C31H27ClFNO5. The first-order chi connectivity index (χ1) is 18.5. The average Bonchev–Trinajstić information content (AvgIpc) is 3.43. The Morgan fingerprint density at radius 1 is 1.08 bits per heavy atom. The fraction of sp³-hybridized carbons (Fsp3) is 0.226. The average molecular weight is 548 g/mol. The molecule has 1 N–H and O–H groups in total. The Labute approximate surface area is 230 Å². The molecule has 4 aromatic rings. The molecule has 1 atom stereocenters. The molecule has 0 radical (unpaired) electrons. The van der Waals surface area contributed by atoms with Crippen molar-refractivity contribution in [1.29, 1.82) is 0 Å². The third-order valence-electron chi connectivity index (χ3n) is 6.90. The van der Waals surface area contributed by atoms with Crippen molar-refractivity contribution < 1.29 is 28.2 Å². The van der Waals surface area contributed by atoms with E-state index in [0.717, 1.165) is 5.56 Å². The molecule has 0 saturated heterocycles. The third kappa shape index (κ3) is 4.90. The summed E-state index contributed by atoms with van der Waals surface area (Å²) in [7, 11) is 1.46. The molecule has 200 valence electrons. The van der Waals surface area contributed by atoms with Gasteiger partial charge in [0.1, 0.15) is 5.82 Å². The molecule has 2 heterocycles. The number of hydrogen-bond acceptors (Lipinski definition) is 5. The summed E-state index contributed by atoms with van der Waals surface area (Å²) in [6, 6.07) is 17.1. The van der Waals surface area contributed by atoms with Crippen LogP contribution in [0.15, 0.2) is 82.5 Å². The van der Waals surface area contributed by atoms with E-state index in [0.29, 0.717) is 32.9 Å². The molecule has 5 rings (SSSR count). The van der Waals surface area contributed by atoms with Gasteiger partial charge in [-0.25, -0.2) is 4.39 Å². The van der Waals surface area contributed by atoms with E-state index in [-0.39, 0.29) is 23.3 Å². The molecule has 1 amide bonds. The molecule has 0 saturated carbocycles. The first-order valence-corrected chi connectivity index (χ1v) is 12.8. The van der Waals surface area contributed by atoms with Crippen LogP contribution in [0.25, 0.3) is 11.0 Å². The lowest BCUT2D eigenvalue weighted by Gasteiger charge is -2.27. The highest BCUT2D eigenvalue weighted by atomic mass is 35.5. The Bertz CT molecular complexity index is 1610. The number of hydrogen-bond donors (Lipinski definition) is 1. The number of Topliss-reactive ketones (excluding diaryl/α,β-unsaturated/α-hetero) is 1. The minimum atomic E-state index is -0.900. The predicted octanol–water partition coefficient (Wildman–Crippen LogP) is 7.31. The van der Waals surface area contributed by atoms with Gasteiger partial charge in [-0.05, 0) is 46.4 Å². The van der Waals surface area contributed by atoms with Gasteiger partial charge in [0.25, 0.3) is 5.91 Å². The lowest BCUT2D eigenvalue weighted by molar-refractivity contribution is -0.130. The van der Waals surface area contributed by atoms with Crippen molar-refractivity contribution >= 4 is 34.3 Å². The number of amides is 1. The van der Waals surface area contributed by atoms with Gasteiger partial charge in [-0.1, -0.05) is 68.8 Å². The number of aliphatic hydroxyl groups excluding tert-OH is 1. The van der Waals surface area contributed by atoms with Crippen LogP contribution in [-0.2, 0) is 16.8 Å². The molecule has 0 bridgehead atoms. The number of rotatable bonds is 6.